The molecule has 0 bridgehead atoms. The maximum Gasteiger partial charge on any atom is 0.320 e. The maximum absolute atomic E-state index is 10.6. The minimum Gasteiger partial charge on any atom is -0.481 e. The standard InChI is InChI=1S/C8H15NO4/c1-8(2,7(12)13)4-3-5(9)6(10)11/h5H,3-4,9H2,1-2H3,(H,10,11)(H,12,13). The minimum absolute atomic E-state index is 0.175. The van der Waals surface area contributed by atoms with Crippen molar-refractivity contribution in [3.63, 3.8) is 0 Å². The molecule has 5 nitrogen and oxygen atoms in total. The van der Waals surface area contributed by atoms with E-state index < -0.39 is 23.4 Å². The summed E-state index contributed by atoms with van der Waals surface area (Å²) in [6.45, 7) is 3.09. The van der Waals surface area contributed by atoms with E-state index in [1.807, 2.05) is 0 Å². The fourth-order valence-electron chi connectivity index (χ4n) is 0.747. The summed E-state index contributed by atoms with van der Waals surface area (Å²) in [5.41, 5.74) is 4.32. The van der Waals surface area contributed by atoms with Crippen molar-refractivity contribution in [2.45, 2.75) is 32.7 Å². The number of carboxylic acid groups (broad SMARTS) is 2. The molecule has 0 amide bonds. The van der Waals surface area contributed by atoms with Crippen molar-refractivity contribution in [1.29, 1.82) is 0 Å². The third kappa shape index (κ3) is 3.89. The van der Waals surface area contributed by atoms with Gasteiger partial charge >= 0.3 is 11.9 Å². The second-order valence-electron chi connectivity index (χ2n) is 3.67. The molecule has 5 heteroatoms. The molecule has 0 rings (SSSR count). The molecule has 0 heterocycles. The molecule has 0 saturated heterocycles. The van der Waals surface area contributed by atoms with Gasteiger partial charge in [0.2, 0.25) is 0 Å². The first kappa shape index (κ1) is 11.9. The number of aliphatic carboxylic acids is 2. The van der Waals surface area contributed by atoms with Gasteiger partial charge < -0.3 is 15.9 Å². The quantitative estimate of drug-likeness (QED) is 0.577. The molecule has 0 aromatic carbocycles. The molecular weight excluding hydrogens is 174 g/mol. The van der Waals surface area contributed by atoms with Crippen molar-refractivity contribution in [1.82, 2.24) is 0 Å². The van der Waals surface area contributed by atoms with Gasteiger partial charge in [-0.05, 0) is 26.7 Å². The van der Waals surface area contributed by atoms with Crippen LogP contribution in [0.25, 0.3) is 0 Å². The maximum atomic E-state index is 10.6. The first-order valence-corrected chi connectivity index (χ1v) is 3.99. The molecule has 0 spiro atoms. The van der Waals surface area contributed by atoms with E-state index in [1.54, 1.807) is 13.8 Å². The van der Waals surface area contributed by atoms with Crippen molar-refractivity contribution in [3.05, 3.63) is 0 Å². The smallest absolute Gasteiger partial charge is 0.320 e. The van der Waals surface area contributed by atoms with Gasteiger partial charge in [0.25, 0.3) is 0 Å². The Morgan fingerprint density at radius 1 is 1.38 bits per heavy atom. The molecule has 0 saturated carbocycles. The van der Waals surface area contributed by atoms with E-state index >= 15 is 0 Å². The largest absolute Gasteiger partial charge is 0.481 e. The van der Waals surface area contributed by atoms with Gasteiger partial charge in [-0.2, -0.15) is 0 Å². The molecule has 0 aliphatic carbocycles. The van der Waals surface area contributed by atoms with E-state index in [4.69, 9.17) is 15.9 Å². The number of carboxylic acids is 2. The molecule has 0 aliphatic heterocycles. The van der Waals surface area contributed by atoms with Crippen LogP contribution in [0, 0.1) is 5.41 Å². The lowest BCUT2D eigenvalue weighted by atomic mass is 9.86. The van der Waals surface area contributed by atoms with E-state index in [-0.39, 0.29) is 12.8 Å². The molecule has 13 heavy (non-hydrogen) atoms. The zero-order valence-corrected chi connectivity index (χ0v) is 7.78. The highest BCUT2D eigenvalue weighted by Crippen LogP contribution is 2.22. The average Bonchev–Trinajstić information content (AvgIpc) is 1.99. The highest BCUT2D eigenvalue weighted by Gasteiger charge is 2.28. The summed E-state index contributed by atoms with van der Waals surface area (Å²) in [6, 6.07) is -0.973. The predicted molar refractivity (Wildman–Crippen MR) is 46.3 cm³/mol. The second-order valence-corrected chi connectivity index (χ2v) is 3.67. The fraction of sp³-hybridized carbons (Fsp3) is 0.750. The zero-order valence-electron chi connectivity index (χ0n) is 7.78. The van der Waals surface area contributed by atoms with Crippen LogP contribution in [0.15, 0.2) is 0 Å². The normalized spacial score (nSPS) is 13.8. The van der Waals surface area contributed by atoms with Gasteiger partial charge in [0.1, 0.15) is 6.04 Å². The summed E-state index contributed by atoms with van der Waals surface area (Å²) in [6.07, 6.45) is 0.435. The Balaban J connectivity index is 4.02. The number of hydrogen-bond acceptors (Lipinski definition) is 3. The minimum atomic E-state index is -1.10. The zero-order chi connectivity index (χ0) is 10.6. The van der Waals surface area contributed by atoms with Crippen LogP contribution in [0.4, 0.5) is 0 Å². The lowest BCUT2D eigenvalue weighted by Crippen LogP contribution is -2.33. The number of rotatable bonds is 5. The number of carbonyl (C=O) groups is 2. The van der Waals surface area contributed by atoms with Crippen LogP contribution in [-0.4, -0.2) is 28.2 Å². The first-order chi connectivity index (χ1) is 5.77. The Kier molecular flexibility index (Phi) is 3.87. The van der Waals surface area contributed by atoms with Crippen LogP contribution in [0.3, 0.4) is 0 Å². The molecule has 1 atom stereocenters. The fourth-order valence-corrected chi connectivity index (χ4v) is 0.747. The molecule has 0 aromatic heterocycles. The van der Waals surface area contributed by atoms with E-state index in [0.717, 1.165) is 0 Å². The SMILES string of the molecule is CC(C)(CCC(N)C(=O)O)C(=O)O. The molecule has 76 valence electrons. The Morgan fingerprint density at radius 2 is 1.85 bits per heavy atom. The van der Waals surface area contributed by atoms with Crippen molar-refractivity contribution < 1.29 is 19.8 Å². The van der Waals surface area contributed by atoms with Crippen molar-refractivity contribution in [3.8, 4) is 0 Å². The summed E-state index contributed by atoms with van der Waals surface area (Å²) in [5, 5.41) is 17.1. The molecule has 0 radical (unpaired) electrons. The molecule has 0 fully saturated rings. The monoisotopic (exact) mass is 189 g/mol. The van der Waals surface area contributed by atoms with Crippen molar-refractivity contribution in [2.24, 2.45) is 11.1 Å². The van der Waals surface area contributed by atoms with Crippen LogP contribution in [0.1, 0.15) is 26.7 Å². The van der Waals surface area contributed by atoms with Gasteiger partial charge in [-0.25, -0.2) is 0 Å². The molecule has 0 aliphatic rings. The highest BCUT2D eigenvalue weighted by atomic mass is 16.4. The Morgan fingerprint density at radius 3 is 2.15 bits per heavy atom. The van der Waals surface area contributed by atoms with Crippen LogP contribution < -0.4 is 5.73 Å². The van der Waals surface area contributed by atoms with Gasteiger partial charge in [-0.15, -0.1) is 0 Å². The van der Waals surface area contributed by atoms with Crippen LogP contribution in [-0.2, 0) is 9.59 Å². The second kappa shape index (κ2) is 4.23. The van der Waals surface area contributed by atoms with Gasteiger partial charge in [-0.1, -0.05) is 0 Å². The van der Waals surface area contributed by atoms with Crippen molar-refractivity contribution in [2.75, 3.05) is 0 Å². The van der Waals surface area contributed by atoms with Crippen LogP contribution >= 0.6 is 0 Å². The van der Waals surface area contributed by atoms with Gasteiger partial charge in [0.05, 0.1) is 5.41 Å². The van der Waals surface area contributed by atoms with Crippen LogP contribution in [0.5, 0.6) is 0 Å². The average molecular weight is 189 g/mol. The summed E-state index contributed by atoms with van der Waals surface area (Å²) in [7, 11) is 0. The number of hydrogen-bond donors (Lipinski definition) is 3. The van der Waals surface area contributed by atoms with Gasteiger partial charge in [0, 0.05) is 0 Å². The summed E-state index contributed by atoms with van der Waals surface area (Å²) in [4.78, 5) is 20.9. The van der Waals surface area contributed by atoms with E-state index in [0.29, 0.717) is 0 Å². The van der Waals surface area contributed by atoms with Crippen molar-refractivity contribution >= 4 is 11.9 Å². The van der Waals surface area contributed by atoms with E-state index in [2.05, 4.69) is 0 Å². The topological polar surface area (TPSA) is 101 Å². The lowest BCUT2D eigenvalue weighted by molar-refractivity contribution is -0.148. The molecule has 1 unspecified atom stereocenters. The molecular formula is C8H15NO4. The van der Waals surface area contributed by atoms with Gasteiger partial charge in [-0.3, -0.25) is 9.59 Å². The molecule has 0 aromatic rings. The molecule has 4 N–H and O–H groups in total. The van der Waals surface area contributed by atoms with E-state index in [1.165, 1.54) is 0 Å². The third-order valence-electron chi connectivity index (χ3n) is 1.98. The first-order valence-electron chi connectivity index (χ1n) is 3.99. The summed E-state index contributed by atoms with van der Waals surface area (Å²) < 4.78 is 0. The Hall–Kier alpha value is -1.10. The lowest BCUT2D eigenvalue weighted by Gasteiger charge is -2.19. The summed E-state index contributed by atoms with van der Waals surface area (Å²) >= 11 is 0. The van der Waals surface area contributed by atoms with Gasteiger partial charge in [0.15, 0.2) is 0 Å². The van der Waals surface area contributed by atoms with Crippen LogP contribution in [0.2, 0.25) is 0 Å². The van der Waals surface area contributed by atoms with E-state index in [9.17, 15) is 9.59 Å². The number of nitrogens with two attached hydrogens (primary N) is 1. The highest BCUT2D eigenvalue weighted by molar-refractivity contribution is 5.75. The Bertz CT molecular complexity index is 212. The Labute approximate surface area is 76.5 Å². The third-order valence-corrected chi connectivity index (χ3v) is 1.98. The predicted octanol–water partition coefficient (Wildman–Crippen LogP) is 0.289. The summed E-state index contributed by atoms with van der Waals surface area (Å²) in [5.74, 6) is -2.04.